The summed E-state index contributed by atoms with van der Waals surface area (Å²) in [6.07, 6.45) is 0. The second kappa shape index (κ2) is 4.79. The molecule has 0 aliphatic heterocycles. The summed E-state index contributed by atoms with van der Waals surface area (Å²) < 4.78 is 2.71. The largest absolute Gasteiger partial charge is 0.331 e. The molecular weight excluding hydrogens is 278 g/mol. The van der Waals surface area contributed by atoms with Gasteiger partial charge >= 0.3 is 0 Å². The number of aryl methyl sites for hydroxylation is 1. The van der Waals surface area contributed by atoms with Gasteiger partial charge in [-0.1, -0.05) is 17.7 Å². The van der Waals surface area contributed by atoms with Crippen molar-refractivity contribution in [1.82, 2.24) is 14.5 Å². The number of imidazole rings is 1. The minimum Gasteiger partial charge on any atom is -0.331 e. The molecule has 0 radical (unpaired) electrons. The number of H-pyrrole nitrogens is 1. The van der Waals surface area contributed by atoms with Crippen molar-refractivity contribution in [3.63, 3.8) is 0 Å². The molecule has 0 saturated heterocycles. The Morgan fingerprint density at radius 1 is 1.32 bits per heavy atom. The van der Waals surface area contributed by atoms with Crippen molar-refractivity contribution in [2.24, 2.45) is 0 Å². The van der Waals surface area contributed by atoms with Crippen LogP contribution in [0.2, 0.25) is 5.02 Å². The van der Waals surface area contributed by atoms with E-state index in [-0.39, 0.29) is 0 Å². The Morgan fingerprint density at radius 2 is 2.16 bits per heavy atom. The molecule has 3 aromatic rings. The molecule has 2 aromatic heterocycles. The highest BCUT2D eigenvalue weighted by molar-refractivity contribution is 7.71. The number of fused-ring (bicyclic) bond motifs is 1. The minimum absolute atomic E-state index is 0.655. The van der Waals surface area contributed by atoms with Crippen molar-refractivity contribution >= 4 is 34.9 Å². The summed E-state index contributed by atoms with van der Waals surface area (Å²) in [7, 11) is 0. The van der Waals surface area contributed by atoms with Crippen molar-refractivity contribution in [3.8, 4) is 0 Å². The molecule has 0 amide bonds. The SMILES string of the molecule is Cc1cccc(Cn2c(=S)[nH]c3cc(Cl)ccc32)n1. The first-order valence-corrected chi connectivity index (χ1v) is 6.73. The van der Waals surface area contributed by atoms with Gasteiger partial charge in [0.05, 0.1) is 23.3 Å². The van der Waals surface area contributed by atoms with Crippen molar-refractivity contribution in [2.75, 3.05) is 0 Å². The average Bonchev–Trinajstić information content (AvgIpc) is 2.65. The summed E-state index contributed by atoms with van der Waals surface area (Å²) in [4.78, 5) is 7.67. The summed E-state index contributed by atoms with van der Waals surface area (Å²) in [5.74, 6) is 0. The van der Waals surface area contributed by atoms with Crippen LogP contribution in [0.3, 0.4) is 0 Å². The summed E-state index contributed by atoms with van der Waals surface area (Å²) in [5.41, 5.74) is 3.99. The molecule has 0 aliphatic carbocycles. The monoisotopic (exact) mass is 289 g/mol. The van der Waals surface area contributed by atoms with Gasteiger partial charge in [0.1, 0.15) is 0 Å². The molecule has 19 heavy (non-hydrogen) atoms. The third-order valence-electron chi connectivity index (χ3n) is 3.00. The van der Waals surface area contributed by atoms with E-state index in [9.17, 15) is 0 Å². The van der Waals surface area contributed by atoms with Crippen LogP contribution in [0.5, 0.6) is 0 Å². The zero-order chi connectivity index (χ0) is 13.4. The number of halogens is 1. The normalized spacial score (nSPS) is 11.1. The van der Waals surface area contributed by atoms with Gasteiger partial charge in [-0.25, -0.2) is 0 Å². The zero-order valence-electron chi connectivity index (χ0n) is 10.4. The second-order valence-corrected chi connectivity index (χ2v) is 5.27. The number of pyridine rings is 1. The Hall–Kier alpha value is -1.65. The van der Waals surface area contributed by atoms with Gasteiger partial charge in [0.15, 0.2) is 4.77 Å². The molecule has 0 spiro atoms. The number of aromatic amines is 1. The number of aromatic nitrogens is 3. The van der Waals surface area contributed by atoms with Crippen LogP contribution in [-0.2, 0) is 6.54 Å². The molecule has 2 heterocycles. The Morgan fingerprint density at radius 3 is 2.95 bits per heavy atom. The van der Waals surface area contributed by atoms with Crippen LogP contribution >= 0.6 is 23.8 Å². The van der Waals surface area contributed by atoms with E-state index < -0.39 is 0 Å². The summed E-state index contributed by atoms with van der Waals surface area (Å²) in [6.45, 7) is 2.64. The van der Waals surface area contributed by atoms with E-state index >= 15 is 0 Å². The molecule has 0 saturated carbocycles. The van der Waals surface area contributed by atoms with Crippen molar-refractivity contribution < 1.29 is 0 Å². The van der Waals surface area contributed by atoms with E-state index in [1.54, 1.807) is 0 Å². The van der Waals surface area contributed by atoms with Gasteiger partial charge in [-0.05, 0) is 49.5 Å². The van der Waals surface area contributed by atoms with Gasteiger partial charge in [-0.2, -0.15) is 0 Å². The topological polar surface area (TPSA) is 33.6 Å². The van der Waals surface area contributed by atoms with E-state index in [0.717, 1.165) is 22.4 Å². The smallest absolute Gasteiger partial charge is 0.178 e. The van der Waals surface area contributed by atoms with Gasteiger partial charge < -0.3 is 9.55 Å². The van der Waals surface area contributed by atoms with Crippen LogP contribution in [0.15, 0.2) is 36.4 Å². The maximum Gasteiger partial charge on any atom is 0.178 e. The first-order valence-electron chi connectivity index (χ1n) is 5.94. The molecular formula is C14H12ClN3S. The lowest BCUT2D eigenvalue weighted by molar-refractivity contribution is 0.781. The lowest BCUT2D eigenvalue weighted by Gasteiger charge is -2.05. The van der Waals surface area contributed by atoms with Crippen LogP contribution in [0.25, 0.3) is 11.0 Å². The molecule has 3 rings (SSSR count). The number of nitrogens with one attached hydrogen (secondary N) is 1. The predicted octanol–water partition coefficient (Wildman–Crippen LogP) is 4.10. The molecule has 0 atom stereocenters. The highest BCUT2D eigenvalue weighted by Gasteiger charge is 2.06. The summed E-state index contributed by atoms with van der Waals surface area (Å²) in [6, 6.07) is 11.7. The fourth-order valence-corrected chi connectivity index (χ4v) is 2.59. The van der Waals surface area contributed by atoms with Gasteiger partial charge in [0, 0.05) is 10.7 Å². The zero-order valence-corrected chi connectivity index (χ0v) is 11.9. The molecule has 0 bridgehead atoms. The van der Waals surface area contributed by atoms with Crippen molar-refractivity contribution in [1.29, 1.82) is 0 Å². The maximum absolute atomic E-state index is 5.99. The molecule has 96 valence electrons. The van der Waals surface area contributed by atoms with Crippen LogP contribution < -0.4 is 0 Å². The number of hydrogen-bond donors (Lipinski definition) is 1. The fourth-order valence-electron chi connectivity index (χ4n) is 2.14. The number of benzene rings is 1. The van der Waals surface area contributed by atoms with Crippen molar-refractivity contribution in [2.45, 2.75) is 13.5 Å². The number of rotatable bonds is 2. The van der Waals surface area contributed by atoms with Gasteiger partial charge in [-0.3, -0.25) is 4.98 Å². The van der Waals surface area contributed by atoms with E-state index in [1.165, 1.54) is 0 Å². The molecule has 0 aliphatic rings. The average molecular weight is 290 g/mol. The van der Waals surface area contributed by atoms with Gasteiger partial charge in [-0.15, -0.1) is 0 Å². The maximum atomic E-state index is 5.99. The van der Waals surface area contributed by atoms with Crippen LogP contribution in [-0.4, -0.2) is 14.5 Å². The Balaban J connectivity index is 2.10. The fraction of sp³-hybridized carbons (Fsp3) is 0.143. The lowest BCUT2D eigenvalue weighted by atomic mass is 10.3. The second-order valence-electron chi connectivity index (χ2n) is 4.45. The quantitative estimate of drug-likeness (QED) is 0.721. The van der Waals surface area contributed by atoms with E-state index in [1.807, 2.05) is 47.9 Å². The standard InChI is InChI=1S/C14H12ClN3S/c1-9-3-2-4-11(16-9)8-18-13-6-5-10(15)7-12(13)17-14(18)19/h2-7H,8H2,1H3,(H,17,19). The Bertz CT molecular complexity index is 804. The minimum atomic E-state index is 0.655. The predicted molar refractivity (Wildman–Crippen MR) is 80.2 cm³/mol. The third-order valence-corrected chi connectivity index (χ3v) is 3.56. The van der Waals surface area contributed by atoms with Gasteiger partial charge in [0.2, 0.25) is 0 Å². The molecule has 5 heteroatoms. The van der Waals surface area contributed by atoms with Crippen LogP contribution in [0.4, 0.5) is 0 Å². The van der Waals surface area contributed by atoms with E-state index in [2.05, 4.69) is 9.97 Å². The van der Waals surface area contributed by atoms with Crippen LogP contribution in [0.1, 0.15) is 11.4 Å². The molecule has 1 N–H and O–H groups in total. The molecule has 0 fully saturated rings. The van der Waals surface area contributed by atoms with Gasteiger partial charge in [0.25, 0.3) is 0 Å². The summed E-state index contributed by atoms with van der Waals surface area (Å²) in [5, 5.41) is 0.699. The number of nitrogens with zero attached hydrogens (tertiary/aromatic N) is 2. The molecule has 3 nitrogen and oxygen atoms in total. The first-order chi connectivity index (χ1) is 9.13. The lowest BCUT2D eigenvalue weighted by Crippen LogP contribution is -2.02. The van der Waals surface area contributed by atoms with Crippen molar-refractivity contribution in [3.05, 3.63) is 57.6 Å². The Labute approximate surface area is 120 Å². The highest BCUT2D eigenvalue weighted by atomic mass is 35.5. The highest BCUT2D eigenvalue weighted by Crippen LogP contribution is 2.19. The first kappa shape index (κ1) is 12.4. The number of hydrogen-bond acceptors (Lipinski definition) is 2. The summed E-state index contributed by atoms with van der Waals surface area (Å²) >= 11 is 11.4. The molecule has 1 aromatic carbocycles. The third kappa shape index (κ3) is 2.41. The Kier molecular flexibility index (Phi) is 3.12. The molecule has 0 unspecified atom stereocenters. The van der Waals surface area contributed by atoms with E-state index in [4.69, 9.17) is 23.8 Å². The van der Waals surface area contributed by atoms with Crippen LogP contribution in [0, 0.1) is 11.7 Å². The van der Waals surface area contributed by atoms with E-state index in [0.29, 0.717) is 16.3 Å².